The number of nitrogens with one attached hydrogen (secondary N) is 1. The van der Waals surface area contributed by atoms with E-state index in [-0.39, 0.29) is 30.3 Å². The molecule has 0 spiro atoms. The fourth-order valence-corrected chi connectivity index (χ4v) is 3.42. The second-order valence-electron chi connectivity index (χ2n) is 7.48. The SMILES string of the molecule is Cc1cnc(C(=O)N(Cc2ccccc2)c2c(N)n(Cc3ccccc3)c(=O)[nH]c2=O)cn1. The topological polar surface area (TPSA) is 127 Å². The van der Waals surface area contributed by atoms with E-state index in [0.717, 1.165) is 11.1 Å². The molecule has 166 valence electrons. The van der Waals surface area contributed by atoms with E-state index in [0.29, 0.717) is 5.69 Å². The lowest BCUT2D eigenvalue weighted by Gasteiger charge is -2.24. The third-order valence-electron chi connectivity index (χ3n) is 5.10. The lowest BCUT2D eigenvalue weighted by atomic mass is 10.2. The van der Waals surface area contributed by atoms with Crippen molar-refractivity contribution in [2.75, 3.05) is 10.6 Å². The Morgan fingerprint density at radius 1 is 0.970 bits per heavy atom. The van der Waals surface area contributed by atoms with E-state index in [1.54, 1.807) is 6.92 Å². The second kappa shape index (κ2) is 9.31. The zero-order valence-electron chi connectivity index (χ0n) is 17.9. The van der Waals surface area contributed by atoms with Crippen molar-refractivity contribution in [2.24, 2.45) is 0 Å². The molecular weight excluding hydrogens is 420 g/mol. The van der Waals surface area contributed by atoms with Crippen molar-refractivity contribution in [3.63, 3.8) is 0 Å². The molecule has 2 aromatic heterocycles. The predicted molar refractivity (Wildman–Crippen MR) is 125 cm³/mol. The zero-order chi connectivity index (χ0) is 23.4. The molecule has 1 amide bonds. The molecule has 0 radical (unpaired) electrons. The van der Waals surface area contributed by atoms with Gasteiger partial charge in [-0.3, -0.25) is 29.0 Å². The Morgan fingerprint density at radius 2 is 1.61 bits per heavy atom. The largest absolute Gasteiger partial charge is 0.383 e. The van der Waals surface area contributed by atoms with Gasteiger partial charge in [0.1, 0.15) is 11.5 Å². The highest BCUT2D eigenvalue weighted by Gasteiger charge is 2.26. The van der Waals surface area contributed by atoms with Gasteiger partial charge in [0.05, 0.1) is 25.0 Å². The molecule has 2 aromatic carbocycles. The van der Waals surface area contributed by atoms with Crippen molar-refractivity contribution in [3.8, 4) is 0 Å². The standard InChI is InChI=1S/C24H22N6O3/c1-16-12-27-19(13-26-16)23(32)29(14-17-8-4-2-5-9-17)20-21(25)30(24(33)28-22(20)31)15-18-10-6-3-7-11-18/h2-13H,14-15,25H2,1H3,(H,28,31,33). The minimum absolute atomic E-state index is 0.0477. The third kappa shape index (κ3) is 4.72. The summed E-state index contributed by atoms with van der Waals surface area (Å²) < 4.78 is 1.23. The maximum absolute atomic E-state index is 13.4. The van der Waals surface area contributed by atoms with Crippen LogP contribution in [0.25, 0.3) is 0 Å². The first-order valence-electron chi connectivity index (χ1n) is 10.2. The number of hydrogen-bond donors (Lipinski definition) is 2. The molecule has 4 aromatic rings. The molecule has 9 heteroatoms. The number of hydrogen-bond acceptors (Lipinski definition) is 6. The van der Waals surface area contributed by atoms with Gasteiger partial charge in [0.2, 0.25) is 0 Å². The van der Waals surface area contributed by atoms with E-state index < -0.39 is 17.2 Å². The van der Waals surface area contributed by atoms with Gasteiger partial charge in [0.15, 0.2) is 5.69 Å². The van der Waals surface area contributed by atoms with E-state index in [1.807, 2.05) is 60.7 Å². The van der Waals surface area contributed by atoms with Gasteiger partial charge in [-0.2, -0.15) is 0 Å². The Kier molecular flexibility index (Phi) is 6.12. The van der Waals surface area contributed by atoms with Crippen LogP contribution in [0.15, 0.2) is 82.6 Å². The molecule has 0 saturated carbocycles. The molecule has 0 aliphatic carbocycles. The van der Waals surface area contributed by atoms with Crippen molar-refractivity contribution in [1.82, 2.24) is 19.5 Å². The number of amides is 1. The van der Waals surface area contributed by atoms with Crippen LogP contribution in [0.3, 0.4) is 0 Å². The lowest BCUT2D eigenvalue weighted by molar-refractivity contribution is 0.0979. The average molecular weight is 442 g/mol. The van der Waals surface area contributed by atoms with E-state index >= 15 is 0 Å². The minimum atomic E-state index is -0.758. The molecular formula is C24H22N6O3. The highest BCUT2D eigenvalue weighted by Crippen LogP contribution is 2.22. The van der Waals surface area contributed by atoms with Crippen LogP contribution < -0.4 is 21.9 Å². The summed E-state index contributed by atoms with van der Waals surface area (Å²) in [6, 6.07) is 18.4. The molecule has 0 unspecified atom stereocenters. The lowest BCUT2D eigenvalue weighted by Crippen LogP contribution is -2.41. The molecule has 2 heterocycles. The number of aryl methyl sites for hydroxylation is 1. The predicted octanol–water partition coefficient (Wildman–Crippen LogP) is 2.11. The number of carbonyl (C=O) groups is 1. The number of nitrogens with zero attached hydrogens (tertiary/aromatic N) is 4. The maximum atomic E-state index is 13.4. The van der Waals surface area contributed by atoms with Crippen molar-refractivity contribution < 1.29 is 4.79 Å². The summed E-state index contributed by atoms with van der Waals surface area (Å²) in [7, 11) is 0. The Balaban J connectivity index is 1.84. The van der Waals surface area contributed by atoms with Crippen LogP contribution in [-0.2, 0) is 13.1 Å². The molecule has 9 nitrogen and oxygen atoms in total. The van der Waals surface area contributed by atoms with Crippen LogP contribution in [-0.4, -0.2) is 25.4 Å². The number of benzene rings is 2. The Hall–Kier alpha value is -4.53. The summed E-state index contributed by atoms with van der Waals surface area (Å²) in [5.74, 6) is -0.676. The first-order valence-corrected chi connectivity index (χ1v) is 10.2. The zero-order valence-corrected chi connectivity index (χ0v) is 17.9. The number of anilines is 2. The van der Waals surface area contributed by atoms with Gasteiger partial charge < -0.3 is 5.73 Å². The van der Waals surface area contributed by atoms with Gasteiger partial charge in [-0.05, 0) is 18.1 Å². The van der Waals surface area contributed by atoms with Gasteiger partial charge in [-0.25, -0.2) is 9.78 Å². The summed E-state index contributed by atoms with van der Waals surface area (Å²) in [6.45, 7) is 1.93. The van der Waals surface area contributed by atoms with Crippen molar-refractivity contribution in [1.29, 1.82) is 0 Å². The van der Waals surface area contributed by atoms with E-state index in [4.69, 9.17) is 5.73 Å². The Bertz CT molecular complexity index is 1380. The summed E-state index contributed by atoms with van der Waals surface area (Å²) in [6.07, 6.45) is 2.82. The van der Waals surface area contributed by atoms with Crippen LogP contribution >= 0.6 is 0 Å². The molecule has 0 atom stereocenters. The number of carbonyl (C=O) groups excluding carboxylic acids is 1. The first kappa shape index (κ1) is 21.7. The van der Waals surface area contributed by atoms with Gasteiger partial charge >= 0.3 is 5.69 Å². The fourth-order valence-electron chi connectivity index (χ4n) is 3.42. The van der Waals surface area contributed by atoms with Crippen molar-refractivity contribution in [2.45, 2.75) is 20.0 Å². The van der Waals surface area contributed by atoms with Crippen LogP contribution in [0.2, 0.25) is 0 Å². The van der Waals surface area contributed by atoms with Crippen LogP contribution in [0.5, 0.6) is 0 Å². The van der Waals surface area contributed by atoms with Crippen molar-refractivity contribution >= 4 is 17.4 Å². The van der Waals surface area contributed by atoms with E-state index in [1.165, 1.54) is 21.9 Å². The van der Waals surface area contributed by atoms with Gasteiger partial charge in [0.25, 0.3) is 11.5 Å². The minimum Gasteiger partial charge on any atom is -0.383 e. The molecule has 0 fully saturated rings. The maximum Gasteiger partial charge on any atom is 0.330 e. The molecule has 4 rings (SSSR count). The van der Waals surface area contributed by atoms with Crippen LogP contribution in [0.4, 0.5) is 11.5 Å². The monoisotopic (exact) mass is 442 g/mol. The Labute approximate surface area is 189 Å². The summed E-state index contributed by atoms with van der Waals surface area (Å²) in [4.78, 5) is 50.7. The normalized spacial score (nSPS) is 10.7. The number of rotatable bonds is 6. The second-order valence-corrected chi connectivity index (χ2v) is 7.48. The molecule has 0 aliphatic heterocycles. The van der Waals surface area contributed by atoms with Crippen LogP contribution in [0, 0.1) is 6.92 Å². The van der Waals surface area contributed by atoms with Gasteiger partial charge in [0, 0.05) is 6.20 Å². The molecule has 33 heavy (non-hydrogen) atoms. The number of aromatic amines is 1. The quantitative estimate of drug-likeness (QED) is 0.471. The molecule has 0 bridgehead atoms. The van der Waals surface area contributed by atoms with Crippen molar-refractivity contribution in [3.05, 3.63) is 116 Å². The number of aromatic nitrogens is 4. The number of nitrogen functional groups attached to an aromatic ring is 1. The average Bonchev–Trinajstić information content (AvgIpc) is 2.82. The first-order chi connectivity index (χ1) is 15.9. The Morgan fingerprint density at radius 3 is 2.21 bits per heavy atom. The highest BCUT2D eigenvalue weighted by atomic mass is 16.2. The third-order valence-corrected chi connectivity index (χ3v) is 5.10. The highest BCUT2D eigenvalue weighted by molar-refractivity contribution is 6.05. The number of H-pyrrole nitrogens is 1. The van der Waals surface area contributed by atoms with E-state index in [9.17, 15) is 14.4 Å². The molecule has 0 aliphatic rings. The summed E-state index contributed by atoms with van der Waals surface area (Å²) in [5, 5.41) is 0. The molecule has 0 saturated heterocycles. The summed E-state index contributed by atoms with van der Waals surface area (Å²) in [5.41, 5.74) is 7.08. The van der Waals surface area contributed by atoms with Gasteiger partial charge in [-0.15, -0.1) is 0 Å². The van der Waals surface area contributed by atoms with E-state index in [2.05, 4.69) is 15.0 Å². The smallest absolute Gasteiger partial charge is 0.330 e. The summed E-state index contributed by atoms with van der Waals surface area (Å²) >= 11 is 0. The number of nitrogens with two attached hydrogens (primary N) is 1. The van der Waals surface area contributed by atoms with Gasteiger partial charge in [-0.1, -0.05) is 60.7 Å². The molecule has 3 N–H and O–H groups in total. The van der Waals surface area contributed by atoms with Crippen LogP contribution in [0.1, 0.15) is 27.3 Å². The fraction of sp³-hybridized carbons (Fsp3) is 0.125.